The highest BCUT2D eigenvalue weighted by Gasteiger charge is 2.16. The predicted octanol–water partition coefficient (Wildman–Crippen LogP) is 1.20. The second-order valence-corrected chi connectivity index (χ2v) is 5.60. The maximum atomic E-state index is 11.7. The molecule has 0 aromatic carbocycles. The Bertz CT molecular complexity index is 404. The molecule has 2 N–H and O–H groups in total. The Labute approximate surface area is 117 Å². The van der Waals surface area contributed by atoms with Crippen molar-refractivity contribution in [3.63, 3.8) is 0 Å². The van der Waals surface area contributed by atoms with E-state index in [-0.39, 0.29) is 25.0 Å². The Kier molecular flexibility index (Phi) is 6.52. The van der Waals surface area contributed by atoms with Crippen molar-refractivity contribution in [1.82, 2.24) is 10.2 Å². The maximum absolute atomic E-state index is 11.7. The van der Waals surface area contributed by atoms with Crippen LogP contribution in [0.25, 0.3) is 0 Å². The van der Waals surface area contributed by atoms with E-state index in [0.29, 0.717) is 6.54 Å². The van der Waals surface area contributed by atoms with Crippen LogP contribution in [-0.2, 0) is 16.0 Å². The van der Waals surface area contributed by atoms with Crippen LogP contribution in [0.4, 0.5) is 0 Å². The summed E-state index contributed by atoms with van der Waals surface area (Å²) in [4.78, 5) is 25.3. The molecule has 0 saturated carbocycles. The van der Waals surface area contributed by atoms with Crippen LogP contribution in [0.15, 0.2) is 17.5 Å². The third-order valence-corrected chi connectivity index (χ3v) is 3.63. The average Bonchev–Trinajstić information content (AvgIpc) is 2.80. The highest BCUT2D eigenvalue weighted by Crippen LogP contribution is 2.08. The molecule has 0 aliphatic heterocycles. The molecule has 0 saturated heterocycles. The van der Waals surface area contributed by atoms with Crippen LogP contribution >= 0.6 is 11.3 Å². The number of carbonyl (C=O) groups excluding carboxylic acids is 1. The Morgan fingerprint density at radius 2 is 2.16 bits per heavy atom. The number of hydrogen-bond acceptors (Lipinski definition) is 4. The lowest BCUT2D eigenvalue weighted by atomic mass is 10.3. The Balaban J connectivity index is 2.29. The molecule has 1 rings (SSSR count). The smallest absolute Gasteiger partial charge is 0.317 e. The fourth-order valence-corrected chi connectivity index (χ4v) is 2.32. The number of carbonyl (C=O) groups is 2. The molecular formula is C13H20N2O3S. The molecule has 5 nitrogen and oxygen atoms in total. The van der Waals surface area contributed by atoms with Crippen molar-refractivity contribution >= 4 is 23.2 Å². The van der Waals surface area contributed by atoms with Crippen LogP contribution in [0.2, 0.25) is 0 Å². The molecule has 1 heterocycles. The van der Waals surface area contributed by atoms with E-state index < -0.39 is 5.97 Å². The number of thiophene rings is 1. The van der Waals surface area contributed by atoms with Crippen molar-refractivity contribution < 1.29 is 14.7 Å². The van der Waals surface area contributed by atoms with E-state index in [1.807, 2.05) is 31.4 Å². The highest BCUT2D eigenvalue weighted by atomic mass is 32.1. The molecule has 0 bridgehead atoms. The van der Waals surface area contributed by atoms with Crippen LogP contribution in [0, 0.1) is 0 Å². The van der Waals surface area contributed by atoms with Gasteiger partial charge in [0.15, 0.2) is 0 Å². The molecule has 1 aromatic rings. The monoisotopic (exact) mass is 284 g/mol. The fraction of sp³-hybridized carbons (Fsp3) is 0.538. The van der Waals surface area contributed by atoms with Crippen molar-refractivity contribution in [2.24, 2.45) is 0 Å². The zero-order chi connectivity index (χ0) is 14.3. The third kappa shape index (κ3) is 6.35. The van der Waals surface area contributed by atoms with Gasteiger partial charge in [-0.3, -0.25) is 14.5 Å². The van der Waals surface area contributed by atoms with Gasteiger partial charge in [-0.1, -0.05) is 6.07 Å². The first-order valence-electron chi connectivity index (χ1n) is 6.24. The molecule has 0 atom stereocenters. The second kappa shape index (κ2) is 7.91. The molecule has 0 aliphatic rings. The van der Waals surface area contributed by atoms with Crippen LogP contribution in [0.3, 0.4) is 0 Å². The van der Waals surface area contributed by atoms with E-state index in [1.54, 1.807) is 16.2 Å². The normalized spacial score (nSPS) is 10.9. The van der Waals surface area contributed by atoms with Crippen molar-refractivity contribution in [1.29, 1.82) is 0 Å². The van der Waals surface area contributed by atoms with Gasteiger partial charge in [-0.2, -0.15) is 0 Å². The van der Waals surface area contributed by atoms with Crippen molar-refractivity contribution in [3.05, 3.63) is 22.4 Å². The average molecular weight is 284 g/mol. The van der Waals surface area contributed by atoms with Gasteiger partial charge < -0.3 is 10.4 Å². The summed E-state index contributed by atoms with van der Waals surface area (Å²) in [5.41, 5.74) is 0. The molecule has 0 spiro atoms. The molecule has 0 radical (unpaired) electrons. The lowest BCUT2D eigenvalue weighted by molar-refractivity contribution is -0.139. The zero-order valence-electron chi connectivity index (χ0n) is 11.3. The lowest BCUT2D eigenvalue weighted by Crippen LogP contribution is -2.43. The summed E-state index contributed by atoms with van der Waals surface area (Å²) in [5, 5.41) is 13.6. The molecule has 1 amide bonds. The molecule has 0 unspecified atom stereocenters. The molecule has 0 fully saturated rings. The van der Waals surface area contributed by atoms with Gasteiger partial charge in [0.05, 0.1) is 13.1 Å². The van der Waals surface area contributed by atoms with Crippen molar-refractivity contribution in [2.75, 3.05) is 19.6 Å². The summed E-state index contributed by atoms with van der Waals surface area (Å²) < 4.78 is 0. The summed E-state index contributed by atoms with van der Waals surface area (Å²) in [5.74, 6) is -1.05. The standard InChI is InChI=1S/C13H20N2O3S/c1-10(2)15(9-13(17)18)8-12(16)14-6-5-11-4-3-7-19-11/h3-4,7,10H,5-6,8-9H2,1-2H3,(H,14,16)(H,17,18). The Hall–Kier alpha value is -1.40. The first kappa shape index (κ1) is 15.7. The SMILES string of the molecule is CC(C)N(CC(=O)O)CC(=O)NCCc1cccs1. The Morgan fingerprint density at radius 1 is 1.42 bits per heavy atom. The third-order valence-electron chi connectivity index (χ3n) is 2.69. The number of rotatable bonds is 8. The number of nitrogens with zero attached hydrogens (tertiary/aromatic N) is 1. The quantitative estimate of drug-likeness (QED) is 0.752. The largest absolute Gasteiger partial charge is 0.480 e. The molecule has 106 valence electrons. The number of hydrogen-bond donors (Lipinski definition) is 2. The lowest BCUT2D eigenvalue weighted by Gasteiger charge is -2.23. The van der Waals surface area contributed by atoms with Gasteiger partial charge in [0, 0.05) is 17.5 Å². The molecule has 0 aliphatic carbocycles. The zero-order valence-corrected chi connectivity index (χ0v) is 12.1. The van der Waals surface area contributed by atoms with Gasteiger partial charge in [0.2, 0.25) is 5.91 Å². The van der Waals surface area contributed by atoms with Gasteiger partial charge in [0.25, 0.3) is 0 Å². The summed E-state index contributed by atoms with van der Waals surface area (Å²) in [6.45, 7) is 4.34. The highest BCUT2D eigenvalue weighted by molar-refractivity contribution is 7.09. The van der Waals surface area contributed by atoms with Crippen LogP contribution in [0.1, 0.15) is 18.7 Å². The predicted molar refractivity (Wildman–Crippen MR) is 75.4 cm³/mol. The minimum absolute atomic E-state index is 0.0270. The number of amides is 1. The Morgan fingerprint density at radius 3 is 2.68 bits per heavy atom. The molecule has 1 aromatic heterocycles. The second-order valence-electron chi connectivity index (χ2n) is 4.57. The molecule has 19 heavy (non-hydrogen) atoms. The van der Waals surface area contributed by atoms with E-state index in [4.69, 9.17) is 5.11 Å². The van der Waals surface area contributed by atoms with Gasteiger partial charge in [-0.15, -0.1) is 11.3 Å². The van der Waals surface area contributed by atoms with Crippen molar-refractivity contribution in [3.8, 4) is 0 Å². The first-order chi connectivity index (χ1) is 8.99. The number of carboxylic acid groups (broad SMARTS) is 1. The van der Waals surface area contributed by atoms with E-state index in [2.05, 4.69) is 5.32 Å². The van der Waals surface area contributed by atoms with Crippen LogP contribution < -0.4 is 5.32 Å². The maximum Gasteiger partial charge on any atom is 0.317 e. The van der Waals surface area contributed by atoms with E-state index in [1.165, 1.54) is 4.88 Å². The minimum Gasteiger partial charge on any atom is -0.480 e. The summed E-state index contributed by atoms with van der Waals surface area (Å²) >= 11 is 1.66. The molecular weight excluding hydrogens is 264 g/mol. The van der Waals surface area contributed by atoms with Crippen molar-refractivity contribution in [2.45, 2.75) is 26.3 Å². The summed E-state index contributed by atoms with van der Waals surface area (Å²) in [6.07, 6.45) is 0.810. The number of aliphatic carboxylic acids is 1. The minimum atomic E-state index is -0.917. The summed E-state index contributed by atoms with van der Waals surface area (Å²) in [7, 11) is 0. The molecule has 6 heteroatoms. The number of carboxylic acids is 1. The summed E-state index contributed by atoms with van der Waals surface area (Å²) in [6, 6.07) is 4.04. The fourth-order valence-electron chi connectivity index (χ4n) is 1.62. The number of nitrogens with one attached hydrogen (secondary N) is 1. The van der Waals surface area contributed by atoms with Gasteiger partial charge in [-0.05, 0) is 31.7 Å². The van der Waals surface area contributed by atoms with E-state index >= 15 is 0 Å². The van der Waals surface area contributed by atoms with Gasteiger partial charge in [0.1, 0.15) is 0 Å². The van der Waals surface area contributed by atoms with Gasteiger partial charge >= 0.3 is 5.97 Å². The van der Waals surface area contributed by atoms with E-state index in [0.717, 1.165) is 6.42 Å². The topological polar surface area (TPSA) is 69.6 Å². The van der Waals surface area contributed by atoms with E-state index in [9.17, 15) is 9.59 Å². The van der Waals surface area contributed by atoms with Crippen LogP contribution in [-0.4, -0.2) is 47.6 Å². The van der Waals surface area contributed by atoms with Gasteiger partial charge in [-0.25, -0.2) is 0 Å². The first-order valence-corrected chi connectivity index (χ1v) is 7.12. The van der Waals surface area contributed by atoms with Crippen LogP contribution in [0.5, 0.6) is 0 Å².